The van der Waals surface area contributed by atoms with Crippen molar-refractivity contribution in [2.75, 3.05) is 6.26 Å². The molecule has 24 heavy (non-hydrogen) atoms. The van der Waals surface area contributed by atoms with E-state index in [1.54, 1.807) is 24.3 Å². The smallest absolute Gasteiger partial charge is 0.231 e. The molecule has 1 N–H and O–H groups in total. The molecule has 0 aliphatic heterocycles. The Bertz CT molecular complexity index is 838. The first kappa shape index (κ1) is 16.7. The highest BCUT2D eigenvalue weighted by Crippen LogP contribution is 2.48. The lowest BCUT2D eigenvalue weighted by atomic mass is 9.94. The first-order valence-corrected chi connectivity index (χ1v) is 9.89. The number of hydrogen-bond donors (Lipinski definition) is 1. The fraction of sp³-hybridized carbons (Fsp3) is 0.316. The van der Waals surface area contributed by atoms with Crippen LogP contribution < -0.4 is 5.32 Å². The average molecular weight is 343 g/mol. The van der Waals surface area contributed by atoms with Gasteiger partial charge in [-0.1, -0.05) is 42.5 Å². The molecule has 2 aromatic carbocycles. The largest absolute Gasteiger partial charge is 0.349 e. The summed E-state index contributed by atoms with van der Waals surface area (Å²) in [6.07, 6.45) is 2.91. The summed E-state index contributed by atoms with van der Waals surface area (Å²) in [5, 5.41) is 3.07. The number of rotatable bonds is 5. The van der Waals surface area contributed by atoms with Gasteiger partial charge in [0.15, 0.2) is 9.84 Å². The van der Waals surface area contributed by atoms with Crippen LogP contribution in [0, 0.1) is 0 Å². The van der Waals surface area contributed by atoms with Crippen LogP contribution in [-0.4, -0.2) is 20.6 Å². The summed E-state index contributed by atoms with van der Waals surface area (Å²) >= 11 is 0. The van der Waals surface area contributed by atoms with E-state index in [2.05, 4.69) is 5.32 Å². The van der Waals surface area contributed by atoms with Crippen molar-refractivity contribution in [3.63, 3.8) is 0 Å². The molecule has 126 valence electrons. The minimum Gasteiger partial charge on any atom is -0.349 e. The van der Waals surface area contributed by atoms with Gasteiger partial charge in [-0.25, -0.2) is 8.42 Å². The van der Waals surface area contributed by atoms with E-state index >= 15 is 0 Å². The van der Waals surface area contributed by atoms with E-state index in [0.717, 1.165) is 24.0 Å². The van der Waals surface area contributed by atoms with Crippen LogP contribution in [-0.2, 0) is 20.0 Å². The van der Waals surface area contributed by atoms with Crippen molar-refractivity contribution < 1.29 is 13.2 Å². The van der Waals surface area contributed by atoms with Crippen molar-refractivity contribution in [2.45, 2.75) is 36.1 Å². The molecule has 0 spiro atoms. The first-order chi connectivity index (χ1) is 11.3. The molecule has 5 heteroatoms. The van der Waals surface area contributed by atoms with Gasteiger partial charge in [0.25, 0.3) is 0 Å². The van der Waals surface area contributed by atoms with Gasteiger partial charge < -0.3 is 5.32 Å². The number of amides is 1. The lowest BCUT2D eigenvalue weighted by Gasteiger charge is -2.20. The molecule has 2 aromatic rings. The highest BCUT2D eigenvalue weighted by Gasteiger charge is 2.51. The number of nitrogens with one attached hydrogen (secondary N) is 1. The quantitative estimate of drug-likeness (QED) is 0.908. The number of hydrogen-bond acceptors (Lipinski definition) is 3. The molecule has 0 bridgehead atoms. The summed E-state index contributed by atoms with van der Waals surface area (Å²) in [6.45, 7) is 1.91. The van der Waals surface area contributed by atoms with Crippen LogP contribution in [0.1, 0.15) is 36.9 Å². The predicted molar refractivity (Wildman–Crippen MR) is 93.5 cm³/mol. The molecule has 0 radical (unpaired) electrons. The fourth-order valence-corrected chi connectivity index (χ4v) is 3.58. The van der Waals surface area contributed by atoms with Crippen molar-refractivity contribution >= 4 is 15.7 Å². The molecular weight excluding hydrogens is 322 g/mol. The Kier molecular flexibility index (Phi) is 4.22. The van der Waals surface area contributed by atoms with Crippen LogP contribution >= 0.6 is 0 Å². The number of carbonyl (C=O) groups is 1. The molecule has 1 aliphatic rings. The third kappa shape index (κ3) is 3.22. The molecule has 0 aromatic heterocycles. The van der Waals surface area contributed by atoms with Gasteiger partial charge in [0.1, 0.15) is 0 Å². The van der Waals surface area contributed by atoms with Gasteiger partial charge in [-0.05, 0) is 43.0 Å². The van der Waals surface area contributed by atoms with E-state index in [1.807, 2.05) is 37.3 Å². The number of benzene rings is 2. The lowest BCUT2D eigenvalue weighted by Crippen LogP contribution is -2.36. The maximum absolute atomic E-state index is 12.7. The lowest BCUT2D eigenvalue weighted by molar-refractivity contribution is -0.124. The Hall–Kier alpha value is -2.14. The zero-order valence-electron chi connectivity index (χ0n) is 13.8. The summed E-state index contributed by atoms with van der Waals surface area (Å²) in [5.41, 5.74) is 1.55. The molecule has 4 nitrogen and oxygen atoms in total. The van der Waals surface area contributed by atoms with Crippen LogP contribution in [0.2, 0.25) is 0 Å². The Morgan fingerprint density at radius 3 is 2.12 bits per heavy atom. The van der Waals surface area contributed by atoms with E-state index in [1.165, 1.54) is 6.26 Å². The molecule has 3 rings (SSSR count). The number of carbonyl (C=O) groups excluding carboxylic acids is 1. The van der Waals surface area contributed by atoms with Gasteiger partial charge in [0.05, 0.1) is 16.4 Å². The van der Waals surface area contributed by atoms with E-state index in [-0.39, 0.29) is 16.8 Å². The van der Waals surface area contributed by atoms with Crippen LogP contribution in [0.4, 0.5) is 0 Å². The second kappa shape index (κ2) is 6.06. The van der Waals surface area contributed by atoms with Gasteiger partial charge in [-0.15, -0.1) is 0 Å². The molecule has 1 aliphatic carbocycles. The Morgan fingerprint density at radius 2 is 1.62 bits per heavy atom. The standard InChI is InChI=1S/C19H21NO3S/c1-14(15-8-10-17(11-9-15)24(2,22)23)20-18(21)19(12-13-19)16-6-4-3-5-7-16/h3-11,14H,12-13H2,1-2H3,(H,20,21)/t14-/m0/s1. The molecule has 0 saturated heterocycles. The van der Waals surface area contributed by atoms with Gasteiger partial charge in [0, 0.05) is 6.26 Å². The van der Waals surface area contributed by atoms with E-state index in [4.69, 9.17) is 0 Å². The Morgan fingerprint density at radius 1 is 1.04 bits per heavy atom. The van der Waals surface area contributed by atoms with Crippen molar-refractivity contribution in [1.82, 2.24) is 5.32 Å². The van der Waals surface area contributed by atoms with Gasteiger partial charge in [-0.3, -0.25) is 4.79 Å². The highest BCUT2D eigenvalue weighted by atomic mass is 32.2. The van der Waals surface area contributed by atoms with Crippen molar-refractivity contribution in [2.24, 2.45) is 0 Å². The van der Waals surface area contributed by atoms with E-state index in [0.29, 0.717) is 0 Å². The first-order valence-electron chi connectivity index (χ1n) is 7.99. The van der Waals surface area contributed by atoms with Crippen LogP contribution in [0.5, 0.6) is 0 Å². The van der Waals surface area contributed by atoms with Crippen LogP contribution in [0.25, 0.3) is 0 Å². The summed E-state index contributed by atoms with van der Waals surface area (Å²) < 4.78 is 23.0. The predicted octanol–water partition coefficient (Wildman–Crippen LogP) is 3.00. The monoisotopic (exact) mass is 343 g/mol. The van der Waals surface area contributed by atoms with E-state index < -0.39 is 15.3 Å². The topological polar surface area (TPSA) is 63.2 Å². The number of sulfone groups is 1. The zero-order chi connectivity index (χ0) is 17.4. The Labute approximate surface area is 142 Å². The molecule has 1 amide bonds. The van der Waals surface area contributed by atoms with Crippen molar-refractivity contribution in [3.8, 4) is 0 Å². The maximum Gasteiger partial charge on any atom is 0.231 e. The summed E-state index contributed by atoms with van der Waals surface area (Å²) in [6, 6.07) is 16.3. The third-order valence-corrected chi connectivity index (χ3v) is 5.80. The summed E-state index contributed by atoms with van der Waals surface area (Å²) in [5.74, 6) is 0.0355. The minimum atomic E-state index is -3.20. The van der Waals surface area contributed by atoms with Crippen LogP contribution in [0.15, 0.2) is 59.5 Å². The van der Waals surface area contributed by atoms with E-state index in [9.17, 15) is 13.2 Å². The highest BCUT2D eigenvalue weighted by molar-refractivity contribution is 7.90. The van der Waals surface area contributed by atoms with Gasteiger partial charge in [0.2, 0.25) is 5.91 Å². The fourth-order valence-electron chi connectivity index (χ4n) is 2.95. The maximum atomic E-state index is 12.7. The molecule has 1 atom stereocenters. The molecule has 1 fully saturated rings. The normalized spacial score (nSPS) is 17.1. The average Bonchev–Trinajstić information content (AvgIpc) is 3.37. The van der Waals surface area contributed by atoms with Gasteiger partial charge in [-0.2, -0.15) is 0 Å². The molecule has 0 heterocycles. The minimum absolute atomic E-state index is 0.0355. The molecular formula is C19H21NO3S. The van der Waals surface area contributed by atoms with Crippen molar-refractivity contribution in [1.29, 1.82) is 0 Å². The summed E-state index contributed by atoms with van der Waals surface area (Å²) in [7, 11) is -3.20. The zero-order valence-corrected chi connectivity index (χ0v) is 14.6. The third-order valence-electron chi connectivity index (χ3n) is 4.67. The second-order valence-electron chi connectivity index (χ2n) is 6.48. The van der Waals surface area contributed by atoms with Gasteiger partial charge >= 0.3 is 0 Å². The van der Waals surface area contributed by atoms with Crippen LogP contribution in [0.3, 0.4) is 0 Å². The van der Waals surface area contributed by atoms with Crippen molar-refractivity contribution in [3.05, 3.63) is 65.7 Å². The second-order valence-corrected chi connectivity index (χ2v) is 8.50. The SMILES string of the molecule is C[C@H](NC(=O)C1(c2ccccc2)CC1)c1ccc(S(C)(=O)=O)cc1. The molecule has 0 unspecified atom stereocenters. The molecule has 1 saturated carbocycles. The summed E-state index contributed by atoms with van der Waals surface area (Å²) in [4.78, 5) is 13.0. The Balaban J connectivity index is 1.73.